The molecule has 2 atom stereocenters. The number of hydrogen-bond donors (Lipinski definition) is 2. The zero-order valence-corrected chi connectivity index (χ0v) is 19.3. The van der Waals surface area contributed by atoms with E-state index in [2.05, 4.69) is 20.0 Å². The third kappa shape index (κ3) is 4.87. The highest BCUT2D eigenvalue weighted by atomic mass is 32.2. The van der Waals surface area contributed by atoms with E-state index in [4.69, 9.17) is 0 Å². The van der Waals surface area contributed by atoms with Gasteiger partial charge in [-0.05, 0) is 59.7 Å². The summed E-state index contributed by atoms with van der Waals surface area (Å²) in [5.74, 6) is -0.585. The van der Waals surface area contributed by atoms with Crippen molar-refractivity contribution in [2.75, 3.05) is 10.0 Å². The second kappa shape index (κ2) is 8.90. The topological polar surface area (TPSA) is 101 Å². The number of hydrogen-bond acceptors (Lipinski definition) is 5. The molecule has 1 saturated carbocycles. The van der Waals surface area contributed by atoms with Gasteiger partial charge in [-0.25, -0.2) is 13.4 Å². The Labute approximate surface area is 204 Å². The van der Waals surface area contributed by atoms with Crippen molar-refractivity contribution in [3.63, 3.8) is 0 Å². The van der Waals surface area contributed by atoms with Crippen LogP contribution in [0.25, 0.3) is 10.8 Å². The maximum Gasteiger partial charge on any atom is 0.418 e. The van der Waals surface area contributed by atoms with E-state index in [0.29, 0.717) is 11.8 Å². The standard InChI is InChI=1S/C25H19F3N4O3S/c26-25(27,28)22-14-29-13-16-4-7-17(11-20(16)22)31-24(33)21-12-19(21)15-5-8-18(9-6-15)36(34,35)32-23-3-1-2-10-30-23/h1-11,13-14,19,21H,12H2,(H,30,32)(H,31,33)/t19-,21+/m0/s1. The summed E-state index contributed by atoms with van der Waals surface area (Å²) in [6.07, 6.45) is -0.439. The fourth-order valence-electron chi connectivity index (χ4n) is 4.07. The lowest BCUT2D eigenvalue weighted by Crippen LogP contribution is -2.15. The van der Waals surface area contributed by atoms with Crippen molar-refractivity contribution in [3.05, 3.63) is 90.4 Å². The van der Waals surface area contributed by atoms with Crippen LogP contribution in [0.15, 0.2) is 84.1 Å². The Morgan fingerprint density at radius 2 is 1.78 bits per heavy atom. The maximum absolute atomic E-state index is 13.3. The van der Waals surface area contributed by atoms with Crippen molar-refractivity contribution < 1.29 is 26.4 Å². The first kappa shape index (κ1) is 23.7. The summed E-state index contributed by atoms with van der Waals surface area (Å²) in [5, 5.41) is 2.97. The second-order valence-corrected chi connectivity index (χ2v) is 10.1. The smallest absolute Gasteiger partial charge is 0.326 e. The average molecular weight is 513 g/mol. The van der Waals surface area contributed by atoms with Crippen molar-refractivity contribution >= 4 is 38.2 Å². The summed E-state index contributed by atoms with van der Waals surface area (Å²) in [6, 6.07) is 15.4. The van der Waals surface area contributed by atoms with Crippen LogP contribution in [-0.4, -0.2) is 24.3 Å². The summed E-state index contributed by atoms with van der Waals surface area (Å²) in [7, 11) is -3.81. The van der Waals surface area contributed by atoms with E-state index < -0.39 is 21.8 Å². The fraction of sp³-hybridized carbons (Fsp3) is 0.160. The summed E-state index contributed by atoms with van der Waals surface area (Å²) in [6.45, 7) is 0. The van der Waals surface area contributed by atoms with Gasteiger partial charge in [0.25, 0.3) is 10.0 Å². The van der Waals surface area contributed by atoms with Crippen molar-refractivity contribution in [1.29, 1.82) is 0 Å². The van der Waals surface area contributed by atoms with Gasteiger partial charge in [0.1, 0.15) is 5.82 Å². The second-order valence-electron chi connectivity index (χ2n) is 8.45. The number of carbonyl (C=O) groups is 1. The SMILES string of the molecule is O=C(Nc1ccc2cncc(C(F)(F)F)c2c1)[C@@H]1C[C@H]1c1ccc(S(=O)(=O)Nc2ccccn2)cc1. The first-order chi connectivity index (χ1) is 17.1. The highest BCUT2D eigenvalue weighted by Gasteiger charge is 2.44. The van der Waals surface area contributed by atoms with E-state index in [1.165, 1.54) is 48.8 Å². The zero-order chi connectivity index (χ0) is 25.5. The number of aromatic nitrogens is 2. The van der Waals surface area contributed by atoms with Crippen LogP contribution in [0.5, 0.6) is 0 Å². The van der Waals surface area contributed by atoms with E-state index in [-0.39, 0.29) is 39.5 Å². The molecule has 2 aromatic carbocycles. The third-order valence-electron chi connectivity index (χ3n) is 5.98. The molecule has 1 aliphatic rings. The highest BCUT2D eigenvalue weighted by molar-refractivity contribution is 7.92. The van der Waals surface area contributed by atoms with Gasteiger partial charge >= 0.3 is 6.18 Å². The largest absolute Gasteiger partial charge is 0.418 e. The molecule has 0 spiro atoms. The van der Waals surface area contributed by atoms with Crippen LogP contribution < -0.4 is 10.0 Å². The third-order valence-corrected chi connectivity index (χ3v) is 7.35. The number of rotatable bonds is 6. The number of nitrogens with one attached hydrogen (secondary N) is 2. The first-order valence-electron chi connectivity index (χ1n) is 10.9. The first-order valence-corrected chi connectivity index (χ1v) is 12.4. The number of alkyl halides is 3. The fourth-order valence-corrected chi connectivity index (χ4v) is 5.08. The highest BCUT2D eigenvalue weighted by Crippen LogP contribution is 2.48. The van der Waals surface area contributed by atoms with Crippen LogP contribution in [0.2, 0.25) is 0 Å². The van der Waals surface area contributed by atoms with Crippen molar-refractivity contribution in [1.82, 2.24) is 9.97 Å². The Balaban J connectivity index is 1.27. The van der Waals surface area contributed by atoms with E-state index in [0.717, 1.165) is 11.8 Å². The van der Waals surface area contributed by atoms with Gasteiger partial charge in [0.2, 0.25) is 5.91 Å². The van der Waals surface area contributed by atoms with E-state index in [1.807, 2.05) is 0 Å². The van der Waals surface area contributed by atoms with Gasteiger partial charge in [-0.2, -0.15) is 13.2 Å². The molecule has 0 saturated heterocycles. The van der Waals surface area contributed by atoms with Gasteiger partial charge in [0.05, 0.1) is 10.5 Å². The van der Waals surface area contributed by atoms with Gasteiger partial charge in [0.15, 0.2) is 0 Å². The average Bonchev–Trinajstić information content (AvgIpc) is 3.65. The van der Waals surface area contributed by atoms with Crippen molar-refractivity contribution in [3.8, 4) is 0 Å². The Bertz CT molecular complexity index is 1540. The summed E-state index contributed by atoms with van der Waals surface area (Å²) in [4.78, 5) is 20.4. The minimum absolute atomic E-state index is 0.0428. The molecule has 36 heavy (non-hydrogen) atoms. The molecule has 1 aliphatic carbocycles. The van der Waals surface area contributed by atoms with Crippen LogP contribution >= 0.6 is 0 Å². The number of carbonyl (C=O) groups excluding carboxylic acids is 1. The maximum atomic E-state index is 13.3. The van der Waals surface area contributed by atoms with Gasteiger partial charge < -0.3 is 5.32 Å². The van der Waals surface area contributed by atoms with Gasteiger partial charge in [-0.3, -0.25) is 14.5 Å². The molecule has 0 unspecified atom stereocenters. The minimum Gasteiger partial charge on any atom is -0.326 e. The van der Waals surface area contributed by atoms with Crippen LogP contribution in [0, 0.1) is 5.92 Å². The number of nitrogens with zero attached hydrogens (tertiary/aromatic N) is 2. The molecular weight excluding hydrogens is 493 g/mol. The molecule has 2 aromatic heterocycles. The molecule has 1 fully saturated rings. The van der Waals surface area contributed by atoms with E-state index in [1.54, 1.807) is 24.3 Å². The molecular formula is C25H19F3N4O3S. The van der Waals surface area contributed by atoms with Crippen molar-refractivity contribution in [2.24, 2.45) is 5.92 Å². The van der Waals surface area contributed by atoms with E-state index in [9.17, 15) is 26.4 Å². The molecule has 0 bridgehead atoms. The normalized spacial score (nSPS) is 17.5. The monoisotopic (exact) mass is 512 g/mol. The molecule has 1 amide bonds. The van der Waals surface area contributed by atoms with Crippen LogP contribution in [0.1, 0.15) is 23.5 Å². The number of fused-ring (bicyclic) bond motifs is 1. The zero-order valence-electron chi connectivity index (χ0n) is 18.5. The number of halogens is 3. The molecule has 2 heterocycles. The summed E-state index contributed by atoms with van der Waals surface area (Å²) >= 11 is 0. The predicted octanol–water partition coefficient (Wildman–Crippen LogP) is 5.19. The number of sulfonamides is 1. The quantitative estimate of drug-likeness (QED) is 0.370. The Hall–Kier alpha value is -3.99. The van der Waals surface area contributed by atoms with Crippen LogP contribution in [0.4, 0.5) is 24.7 Å². The molecule has 11 heteroatoms. The molecule has 184 valence electrons. The van der Waals surface area contributed by atoms with Gasteiger partial charge in [-0.1, -0.05) is 24.3 Å². The lowest BCUT2D eigenvalue weighted by molar-refractivity contribution is -0.136. The summed E-state index contributed by atoms with van der Waals surface area (Å²) in [5.41, 5.74) is 0.195. The number of amides is 1. The molecule has 0 radical (unpaired) electrons. The number of benzene rings is 2. The molecule has 2 N–H and O–H groups in total. The molecule has 5 rings (SSSR count). The Morgan fingerprint density at radius 3 is 2.47 bits per heavy atom. The Kier molecular flexibility index (Phi) is 5.87. The molecule has 4 aromatic rings. The van der Waals surface area contributed by atoms with E-state index >= 15 is 0 Å². The predicted molar refractivity (Wildman–Crippen MR) is 128 cm³/mol. The van der Waals surface area contributed by atoms with Crippen molar-refractivity contribution in [2.45, 2.75) is 23.4 Å². The van der Waals surface area contributed by atoms with Gasteiger partial charge in [0, 0.05) is 35.6 Å². The Morgan fingerprint density at radius 1 is 1.00 bits per heavy atom. The van der Waals surface area contributed by atoms with Gasteiger partial charge in [-0.15, -0.1) is 0 Å². The lowest BCUT2D eigenvalue weighted by Gasteiger charge is -2.12. The van der Waals surface area contributed by atoms with Crippen LogP contribution in [0.3, 0.4) is 0 Å². The lowest BCUT2D eigenvalue weighted by atomic mass is 10.1. The molecule has 7 nitrogen and oxygen atoms in total. The number of pyridine rings is 2. The molecule has 0 aliphatic heterocycles. The number of anilines is 2. The van der Waals surface area contributed by atoms with Crippen LogP contribution in [-0.2, 0) is 21.0 Å². The summed E-state index contributed by atoms with van der Waals surface area (Å²) < 4.78 is 67.5. The minimum atomic E-state index is -4.57.